The topological polar surface area (TPSA) is 62.2 Å². The second-order valence-corrected chi connectivity index (χ2v) is 8.03. The Bertz CT molecular complexity index is 778. The van der Waals surface area contributed by atoms with Crippen molar-refractivity contribution in [2.45, 2.75) is 52.1 Å². The van der Waals surface area contributed by atoms with Crippen molar-refractivity contribution in [1.82, 2.24) is 19.9 Å². The van der Waals surface area contributed by atoms with E-state index in [1.54, 1.807) is 11.3 Å². The van der Waals surface area contributed by atoms with E-state index in [4.69, 9.17) is 4.98 Å². The largest absolute Gasteiger partial charge is 0.354 e. The van der Waals surface area contributed by atoms with Crippen LogP contribution >= 0.6 is 11.3 Å². The summed E-state index contributed by atoms with van der Waals surface area (Å²) in [5.74, 6) is 2.21. The van der Waals surface area contributed by atoms with E-state index in [9.17, 15) is 4.79 Å². The van der Waals surface area contributed by atoms with Gasteiger partial charge >= 0.3 is 0 Å². The molecule has 0 spiro atoms. The fourth-order valence-electron chi connectivity index (χ4n) is 4.04. The van der Waals surface area contributed by atoms with E-state index in [1.165, 1.54) is 0 Å². The lowest BCUT2D eigenvalue weighted by molar-refractivity contribution is -0.140. The minimum absolute atomic E-state index is 0.0530. The number of fused-ring (bicyclic) bond motifs is 4. The molecular weight excluding hydrogens is 346 g/mol. The van der Waals surface area contributed by atoms with Gasteiger partial charge in [0.05, 0.1) is 23.7 Å². The monoisotopic (exact) mass is 371 g/mol. The number of rotatable bonds is 5. The van der Waals surface area contributed by atoms with Crippen molar-refractivity contribution in [1.29, 1.82) is 0 Å². The Morgan fingerprint density at radius 2 is 2.15 bits per heavy atom. The van der Waals surface area contributed by atoms with Crippen LogP contribution in [0.2, 0.25) is 0 Å². The SMILES string of the molecule is CCCc1nc(C)cc(N2CC3CCC(C2)N(Cc2cscn2)C3=O)n1. The molecule has 2 bridgehead atoms. The lowest BCUT2D eigenvalue weighted by atomic mass is 9.94. The first-order chi connectivity index (χ1) is 12.6. The van der Waals surface area contributed by atoms with Gasteiger partial charge < -0.3 is 9.80 Å². The van der Waals surface area contributed by atoms with Gasteiger partial charge in [0, 0.05) is 42.7 Å². The third-order valence-electron chi connectivity index (χ3n) is 5.29. The second kappa shape index (κ2) is 7.31. The van der Waals surface area contributed by atoms with Crippen LogP contribution in [-0.4, -0.2) is 44.9 Å². The normalized spacial score (nSPS) is 22.8. The van der Waals surface area contributed by atoms with Crippen LogP contribution in [0.5, 0.6) is 0 Å². The number of piperidine rings is 1. The van der Waals surface area contributed by atoms with Crippen LogP contribution in [-0.2, 0) is 17.8 Å². The molecule has 0 saturated carbocycles. The maximum atomic E-state index is 13.0. The van der Waals surface area contributed by atoms with Gasteiger partial charge in [0.25, 0.3) is 0 Å². The molecule has 2 atom stereocenters. The van der Waals surface area contributed by atoms with Crippen molar-refractivity contribution in [2.75, 3.05) is 18.0 Å². The molecule has 0 aliphatic carbocycles. The number of amides is 1. The van der Waals surface area contributed by atoms with Gasteiger partial charge in [-0.25, -0.2) is 15.0 Å². The van der Waals surface area contributed by atoms with E-state index < -0.39 is 0 Å². The molecule has 3 aliphatic rings. The first-order valence-electron chi connectivity index (χ1n) is 9.41. The van der Waals surface area contributed by atoms with Gasteiger partial charge in [-0.05, 0) is 26.2 Å². The Kier molecular flexibility index (Phi) is 4.89. The van der Waals surface area contributed by atoms with E-state index in [2.05, 4.69) is 27.9 Å². The molecule has 7 heteroatoms. The van der Waals surface area contributed by atoms with Crippen molar-refractivity contribution in [3.63, 3.8) is 0 Å². The van der Waals surface area contributed by atoms with Crippen LogP contribution in [0.1, 0.15) is 43.4 Å². The highest BCUT2D eigenvalue weighted by Crippen LogP contribution is 2.32. The Labute approximate surface area is 158 Å². The van der Waals surface area contributed by atoms with Crippen LogP contribution in [0.25, 0.3) is 0 Å². The summed E-state index contributed by atoms with van der Waals surface area (Å²) in [7, 11) is 0. The van der Waals surface area contributed by atoms with Crippen molar-refractivity contribution >= 4 is 23.1 Å². The van der Waals surface area contributed by atoms with Gasteiger partial charge in [-0.1, -0.05) is 6.92 Å². The zero-order valence-electron chi connectivity index (χ0n) is 15.4. The molecule has 26 heavy (non-hydrogen) atoms. The quantitative estimate of drug-likeness (QED) is 0.809. The molecule has 1 amide bonds. The van der Waals surface area contributed by atoms with Crippen molar-refractivity contribution in [3.05, 3.63) is 34.2 Å². The van der Waals surface area contributed by atoms with Gasteiger partial charge in [-0.3, -0.25) is 4.79 Å². The zero-order chi connectivity index (χ0) is 18.1. The van der Waals surface area contributed by atoms with E-state index in [1.807, 2.05) is 22.7 Å². The Balaban J connectivity index is 1.59. The molecule has 2 aromatic heterocycles. The molecule has 2 aromatic rings. The molecule has 0 radical (unpaired) electrons. The molecule has 6 nitrogen and oxygen atoms in total. The predicted octanol–water partition coefficient (Wildman–Crippen LogP) is 2.82. The minimum Gasteiger partial charge on any atom is -0.354 e. The van der Waals surface area contributed by atoms with Crippen molar-refractivity contribution in [2.24, 2.45) is 5.92 Å². The summed E-state index contributed by atoms with van der Waals surface area (Å²) in [5.41, 5.74) is 3.83. The van der Waals surface area contributed by atoms with E-state index in [-0.39, 0.29) is 17.9 Å². The molecular formula is C19H25N5OS. The summed E-state index contributed by atoms with van der Waals surface area (Å²) < 4.78 is 0. The number of anilines is 1. The number of thiazole rings is 1. The molecule has 0 aromatic carbocycles. The van der Waals surface area contributed by atoms with Gasteiger partial charge in [0.15, 0.2) is 0 Å². The van der Waals surface area contributed by atoms with Crippen LogP contribution in [0.4, 0.5) is 5.82 Å². The summed E-state index contributed by atoms with van der Waals surface area (Å²) >= 11 is 1.58. The molecule has 2 unspecified atom stereocenters. The van der Waals surface area contributed by atoms with Gasteiger partial charge in [-0.15, -0.1) is 11.3 Å². The van der Waals surface area contributed by atoms with Gasteiger partial charge in [0.2, 0.25) is 5.91 Å². The second-order valence-electron chi connectivity index (χ2n) is 7.31. The summed E-state index contributed by atoms with van der Waals surface area (Å²) in [5, 5.41) is 2.04. The van der Waals surface area contributed by atoms with Crippen molar-refractivity contribution < 1.29 is 4.79 Å². The average molecular weight is 372 g/mol. The Morgan fingerprint density at radius 3 is 2.92 bits per heavy atom. The third-order valence-corrected chi connectivity index (χ3v) is 5.93. The molecule has 3 saturated heterocycles. The molecule has 5 rings (SSSR count). The lowest BCUT2D eigenvalue weighted by Crippen LogP contribution is -2.47. The fourth-order valence-corrected chi connectivity index (χ4v) is 4.58. The zero-order valence-corrected chi connectivity index (χ0v) is 16.2. The molecule has 3 fully saturated rings. The maximum Gasteiger partial charge on any atom is 0.228 e. The van der Waals surface area contributed by atoms with Crippen molar-refractivity contribution in [3.8, 4) is 0 Å². The van der Waals surface area contributed by atoms with E-state index >= 15 is 0 Å². The minimum atomic E-state index is 0.0530. The highest BCUT2D eigenvalue weighted by Gasteiger charge is 2.41. The standard InChI is InChI=1S/C19H25N5OS/c1-3-4-17-21-13(2)7-18(22-17)23-8-14-5-6-16(10-23)24(19(14)25)9-15-11-26-12-20-15/h7,11-12,14,16H,3-6,8-10H2,1-2H3. The molecule has 3 aliphatic heterocycles. The third kappa shape index (κ3) is 3.45. The number of nitrogens with zero attached hydrogens (tertiary/aromatic N) is 5. The first kappa shape index (κ1) is 17.4. The Hall–Kier alpha value is -2.02. The van der Waals surface area contributed by atoms with Crippen LogP contribution < -0.4 is 4.90 Å². The number of aromatic nitrogens is 3. The summed E-state index contributed by atoms with van der Waals surface area (Å²) in [4.78, 5) is 31.0. The van der Waals surface area contributed by atoms with Crippen LogP contribution in [0, 0.1) is 12.8 Å². The number of carbonyl (C=O) groups is 1. The van der Waals surface area contributed by atoms with Crippen LogP contribution in [0.3, 0.4) is 0 Å². The first-order valence-corrected chi connectivity index (χ1v) is 10.4. The number of aryl methyl sites for hydroxylation is 2. The van der Waals surface area contributed by atoms with Gasteiger partial charge in [-0.2, -0.15) is 0 Å². The Morgan fingerprint density at radius 1 is 1.27 bits per heavy atom. The van der Waals surface area contributed by atoms with Gasteiger partial charge in [0.1, 0.15) is 11.6 Å². The van der Waals surface area contributed by atoms with E-state index in [0.717, 1.165) is 61.8 Å². The number of hydrogen-bond donors (Lipinski definition) is 0. The number of hydrogen-bond acceptors (Lipinski definition) is 6. The molecule has 5 heterocycles. The average Bonchev–Trinajstić information content (AvgIpc) is 2.97. The molecule has 0 N–H and O–H groups in total. The smallest absolute Gasteiger partial charge is 0.228 e. The fraction of sp³-hybridized carbons (Fsp3) is 0.579. The highest BCUT2D eigenvalue weighted by atomic mass is 32.1. The highest BCUT2D eigenvalue weighted by molar-refractivity contribution is 7.07. The maximum absolute atomic E-state index is 13.0. The lowest BCUT2D eigenvalue weighted by Gasteiger charge is -2.35. The number of carbonyl (C=O) groups excluding carboxylic acids is 1. The predicted molar refractivity (Wildman–Crippen MR) is 102 cm³/mol. The van der Waals surface area contributed by atoms with Crippen LogP contribution in [0.15, 0.2) is 17.0 Å². The summed E-state index contributed by atoms with van der Waals surface area (Å²) in [6.07, 6.45) is 3.96. The molecule has 138 valence electrons. The van der Waals surface area contributed by atoms with E-state index in [0.29, 0.717) is 6.54 Å². The summed E-state index contributed by atoms with van der Waals surface area (Å²) in [6.45, 7) is 6.39. The summed E-state index contributed by atoms with van der Waals surface area (Å²) in [6, 6.07) is 2.28.